The average Bonchev–Trinajstić information content (AvgIpc) is 2.80. The number of nitrogens with one attached hydrogen (secondary N) is 1. The lowest BCUT2D eigenvalue weighted by molar-refractivity contribution is 0.102. The Morgan fingerprint density at radius 1 is 1.30 bits per heavy atom. The van der Waals surface area contributed by atoms with Crippen molar-refractivity contribution < 1.29 is 9.90 Å². The van der Waals surface area contributed by atoms with Crippen LogP contribution in [0.25, 0.3) is 10.2 Å². The number of aromatic nitrogens is 2. The Hall–Kier alpha value is -2.47. The Kier molecular flexibility index (Phi) is 3.08. The minimum absolute atomic E-state index is 0.0439. The van der Waals surface area contributed by atoms with Gasteiger partial charge in [0, 0.05) is 6.20 Å². The average molecular weight is 285 g/mol. The number of thiazole rings is 1. The molecule has 100 valence electrons. The molecule has 0 spiro atoms. The molecular weight excluding hydrogens is 274 g/mol. The van der Waals surface area contributed by atoms with Gasteiger partial charge in [0.2, 0.25) is 0 Å². The van der Waals surface area contributed by atoms with Crippen molar-refractivity contribution in [3.63, 3.8) is 0 Å². The Labute approximate surface area is 118 Å². The summed E-state index contributed by atoms with van der Waals surface area (Å²) in [4.78, 5) is 20.1. The van der Waals surface area contributed by atoms with Crippen molar-refractivity contribution >= 4 is 32.6 Å². The minimum Gasteiger partial charge on any atom is -0.506 e. The molecule has 0 fully saturated rings. The second-order valence-electron chi connectivity index (χ2n) is 4.38. The summed E-state index contributed by atoms with van der Waals surface area (Å²) in [5, 5.41) is 12.6. The van der Waals surface area contributed by atoms with Crippen LogP contribution >= 0.6 is 11.3 Å². The van der Waals surface area contributed by atoms with E-state index in [0.29, 0.717) is 10.7 Å². The number of aryl methyl sites for hydroxylation is 1. The van der Waals surface area contributed by atoms with Gasteiger partial charge < -0.3 is 5.11 Å². The van der Waals surface area contributed by atoms with Crippen LogP contribution in [0.2, 0.25) is 0 Å². The Balaban J connectivity index is 1.87. The molecule has 6 heteroatoms. The van der Waals surface area contributed by atoms with E-state index in [4.69, 9.17) is 0 Å². The molecule has 20 heavy (non-hydrogen) atoms. The molecule has 2 aromatic heterocycles. The molecule has 0 radical (unpaired) electrons. The lowest BCUT2D eigenvalue weighted by atomic mass is 10.2. The van der Waals surface area contributed by atoms with Crippen molar-refractivity contribution in [2.75, 3.05) is 5.32 Å². The minimum atomic E-state index is -0.343. The highest BCUT2D eigenvalue weighted by Crippen LogP contribution is 2.27. The van der Waals surface area contributed by atoms with E-state index < -0.39 is 0 Å². The quantitative estimate of drug-likeness (QED) is 0.759. The fraction of sp³-hybridized carbons (Fsp3) is 0.0714. The van der Waals surface area contributed by atoms with E-state index in [1.54, 1.807) is 0 Å². The van der Waals surface area contributed by atoms with Gasteiger partial charge in [0.05, 0.1) is 22.0 Å². The van der Waals surface area contributed by atoms with Gasteiger partial charge in [-0.05, 0) is 30.7 Å². The molecule has 1 aromatic carbocycles. The number of anilines is 1. The predicted octanol–water partition coefficient (Wildman–Crippen LogP) is 2.96. The Morgan fingerprint density at radius 3 is 2.95 bits per heavy atom. The zero-order valence-corrected chi connectivity index (χ0v) is 11.4. The molecule has 2 N–H and O–H groups in total. The van der Waals surface area contributed by atoms with Crippen LogP contribution in [0.4, 0.5) is 5.13 Å². The lowest BCUT2D eigenvalue weighted by Gasteiger charge is -2.00. The van der Waals surface area contributed by atoms with Crippen LogP contribution in [-0.4, -0.2) is 21.0 Å². The van der Waals surface area contributed by atoms with Crippen LogP contribution in [0.5, 0.6) is 5.75 Å². The number of hydrogen-bond donors (Lipinski definition) is 2. The van der Waals surface area contributed by atoms with Gasteiger partial charge in [-0.25, -0.2) is 4.98 Å². The number of carbonyl (C=O) groups excluding carboxylic acids is 1. The van der Waals surface area contributed by atoms with Gasteiger partial charge in [0.15, 0.2) is 5.13 Å². The molecule has 0 aliphatic heterocycles. The van der Waals surface area contributed by atoms with Gasteiger partial charge >= 0.3 is 0 Å². The lowest BCUT2D eigenvalue weighted by Crippen LogP contribution is -2.11. The number of aromatic hydroxyl groups is 1. The normalized spacial score (nSPS) is 10.7. The van der Waals surface area contributed by atoms with E-state index in [-0.39, 0.29) is 11.7 Å². The molecule has 0 aliphatic rings. The molecule has 0 unspecified atom stereocenters. The molecule has 0 aliphatic carbocycles. The van der Waals surface area contributed by atoms with Gasteiger partial charge in [0.25, 0.3) is 5.91 Å². The first-order chi connectivity index (χ1) is 9.61. The number of nitrogens with zero attached hydrogens (tertiary/aromatic N) is 2. The summed E-state index contributed by atoms with van der Waals surface area (Å²) >= 11 is 1.41. The fourth-order valence-electron chi connectivity index (χ4n) is 1.81. The molecule has 3 aromatic rings. The van der Waals surface area contributed by atoms with Crippen LogP contribution in [0.1, 0.15) is 15.9 Å². The van der Waals surface area contributed by atoms with Crippen LogP contribution in [-0.2, 0) is 0 Å². The summed E-state index contributed by atoms with van der Waals surface area (Å²) in [6, 6.07) is 7.29. The highest BCUT2D eigenvalue weighted by Gasteiger charge is 2.10. The SMILES string of the molecule is Cc1ccc2nc(NC(=O)c3cncc(O)c3)sc2c1. The zero-order chi connectivity index (χ0) is 14.1. The first-order valence-corrected chi connectivity index (χ1v) is 6.76. The van der Waals surface area contributed by atoms with E-state index >= 15 is 0 Å². The maximum atomic E-state index is 12.0. The van der Waals surface area contributed by atoms with Gasteiger partial charge in [0.1, 0.15) is 5.75 Å². The molecule has 5 nitrogen and oxygen atoms in total. The summed E-state index contributed by atoms with van der Waals surface area (Å²) in [5.74, 6) is -0.387. The molecule has 0 saturated heterocycles. The number of carbonyl (C=O) groups is 1. The summed E-state index contributed by atoms with van der Waals surface area (Å²) in [6.07, 6.45) is 2.67. The predicted molar refractivity (Wildman–Crippen MR) is 78.2 cm³/mol. The molecule has 2 heterocycles. The van der Waals surface area contributed by atoms with E-state index in [1.807, 2.05) is 25.1 Å². The third-order valence-corrected chi connectivity index (χ3v) is 3.68. The molecule has 3 rings (SSSR count). The van der Waals surface area contributed by atoms with E-state index in [0.717, 1.165) is 15.8 Å². The third-order valence-electron chi connectivity index (χ3n) is 2.75. The number of fused-ring (bicyclic) bond motifs is 1. The van der Waals surface area contributed by atoms with Crippen LogP contribution in [0.3, 0.4) is 0 Å². The Bertz CT molecular complexity index is 798. The van der Waals surface area contributed by atoms with Crippen molar-refractivity contribution in [3.05, 3.63) is 47.8 Å². The maximum absolute atomic E-state index is 12.0. The van der Waals surface area contributed by atoms with Gasteiger partial charge in [-0.3, -0.25) is 15.1 Å². The van der Waals surface area contributed by atoms with Crippen LogP contribution in [0.15, 0.2) is 36.7 Å². The van der Waals surface area contributed by atoms with Crippen LogP contribution in [0, 0.1) is 6.92 Å². The largest absolute Gasteiger partial charge is 0.506 e. The van der Waals surface area contributed by atoms with Gasteiger partial charge in [-0.2, -0.15) is 0 Å². The summed E-state index contributed by atoms with van der Waals surface area (Å²) in [7, 11) is 0. The first kappa shape index (κ1) is 12.6. The van der Waals surface area contributed by atoms with Crippen molar-refractivity contribution in [3.8, 4) is 5.75 Å². The molecule has 1 amide bonds. The highest BCUT2D eigenvalue weighted by molar-refractivity contribution is 7.22. The molecule has 0 bridgehead atoms. The number of benzene rings is 1. The summed E-state index contributed by atoms with van der Waals surface area (Å²) in [5.41, 5.74) is 2.29. The van der Waals surface area contributed by atoms with E-state index in [1.165, 1.54) is 29.8 Å². The van der Waals surface area contributed by atoms with Crippen molar-refractivity contribution in [2.45, 2.75) is 6.92 Å². The highest BCUT2D eigenvalue weighted by atomic mass is 32.1. The topological polar surface area (TPSA) is 75.1 Å². The first-order valence-electron chi connectivity index (χ1n) is 5.94. The van der Waals surface area contributed by atoms with Crippen molar-refractivity contribution in [1.29, 1.82) is 0 Å². The second-order valence-corrected chi connectivity index (χ2v) is 5.41. The fourth-order valence-corrected chi connectivity index (χ4v) is 2.77. The number of amides is 1. The molecular formula is C14H11N3O2S. The van der Waals surface area contributed by atoms with Crippen molar-refractivity contribution in [1.82, 2.24) is 9.97 Å². The number of rotatable bonds is 2. The van der Waals surface area contributed by atoms with E-state index in [9.17, 15) is 9.90 Å². The monoisotopic (exact) mass is 285 g/mol. The van der Waals surface area contributed by atoms with Gasteiger partial charge in [-0.15, -0.1) is 0 Å². The number of hydrogen-bond acceptors (Lipinski definition) is 5. The Morgan fingerprint density at radius 2 is 2.15 bits per heavy atom. The maximum Gasteiger partial charge on any atom is 0.259 e. The van der Waals surface area contributed by atoms with Crippen LogP contribution < -0.4 is 5.32 Å². The smallest absolute Gasteiger partial charge is 0.259 e. The second kappa shape index (κ2) is 4.90. The summed E-state index contributed by atoms with van der Waals surface area (Å²) < 4.78 is 1.02. The van der Waals surface area contributed by atoms with Gasteiger partial charge in [-0.1, -0.05) is 17.4 Å². The standard InChI is InChI=1S/C14H11N3O2S/c1-8-2-3-11-12(4-8)20-14(16-11)17-13(19)9-5-10(18)7-15-6-9/h2-7,18H,1H3,(H,16,17,19). The summed E-state index contributed by atoms with van der Waals surface area (Å²) in [6.45, 7) is 2.01. The molecule has 0 atom stereocenters. The van der Waals surface area contributed by atoms with Crippen molar-refractivity contribution in [2.24, 2.45) is 0 Å². The molecule has 0 saturated carbocycles. The zero-order valence-electron chi connectivity index (χ0n) is 10.6. The number of pyridine rings is 1. The van der Waals surface area contributed by atoms with E-state index in [2.05, 4.69) is 15.3 Å². The third kappa shape index (κ3) is 2.46.